The number of carbonyl (C=O) groups excluding carboxylic acids is 2. The summed E-state index contributed by atoms with van der Waals surface area (Å²) >= 11 is 0. The predicted octanol–water partition coefficient (Wildman–Crippen LogP) is 1.77. The molecule has 0 aromatic heterocycles. The van der Waals surface area contributed by atoms with Crippen LogP contribution in [0.15, 0.2) is 18.2 Å². The highest BCUT2D eigenvalue weighted by atomic mass is 16.5. The number of hydrogen-bond acceptors (Lipinski definition) is 4. The van der Waals surface area contributed by atoms with E-state index in [0.717, 1.165) is 0 Å². The Labute approximate surface area is 125 Å². The van der Waals surface area contributed by atoms with Gasteiger partial charge >= 0.3 is 0 Å². The molecule has 0 aliphatic rings. The number of nitrogens with one attached hydrogen (secondary N) is 2. The van der Waals surface area contributed by atoms with Crippen LogP contribution in [0.3, 0.4) is 0 Å². The fourth-order valence-electron chi connectivity index (χ4n) is 1.69. The molecular formula is C15H23N3O3. The van der Waals surface area contributed by atoms with Crippen LogP contribution in [0, 0.1) is 5.41 Å². The zero-order valence-electron chi connectivity index (χ0n) is 12.9. The summed E-state index contributed by atoms with van der Waals surface area (Å²) < 4.78 is 5.07. The van der Waals surface area contributed by atoms with Crippen molar-refractivity contribution in [3.63, 3.8) is 0 Å². The van der Waals surface area contributed by atoms with Crippen molar-refractivity contribution < 1.29 is 14.3 Å². The van der Waals surface area contributed by atoms with E-state index in [0.29, 0.717) is 23.5 Å². The molecule has 0 saturated carbocycles. The molecule has 21 heavy (non-hydrogen) atoms. The number of methoxy groups -OCH3 is 1. The fraction of sp³-hybridized carbons (Fsp3) is 0.467. The fourth-order valence-corrected chi connectivity index (χ4v) is 1.69. The van der Waals surface area contributed by atoms with Crippen molar-refractivity contribution in [1.82, 2.24) is 5.32 Å². The quantitative estimate of drug-likeness (QED) is 0.721. The maximum absolute atomic E-state index is 11.8. The van der Waals surface area contributed by atoms with Gasteiger partial charge < -0.3 is 21.1 Å². The lowest BCUT2D eigenvalue weighted by Crippen LogP contribution is -2.34. The second kappa shape index (κ2) is 6.97. The van der Waals surface area contributed by atoms with Crippen molar-refractivity contribution >= 4 is 23.2 Å². The highest BCUT2D eigenvalue weighted by molar-refractivity contribution is 5.97. The Bertz CT molecular complexity index is 521. The van der Waals surface area contributed by atoms with Crippen LogP contribution in [0.1, 0.15) is 27.2 Å². The van der Waals surface area contributed by atoms with Crippen molar-refractivity contribution in [2.75, 3.05) is 24.7 Å². The number of hydrogen-bond donors (Lipinski definition) is 3. The first-order valence-corrected chi connectivity index (χ1v) is 6.71. The highest BCUT2D eigenvalue weighted by Gasteiger charge is 2.16. The van der Waals surface area contributed by atoms with Crippen molar-refractivity contribution in [1.29, 1.82) is 0 Å². The van der Waals surface area contributed by atoms with Gasteiger partial charge in [-0.05, 0) is 17.5 Å². The lowest BCUT2D eigenvalue weighted by Gasteiger charge is -2.17. The number of benzene rings is 1. The molecule has 0 radical (unpaired) electrons. The first kappa shape index (κ1) is 16.8. The monoisotopic (exact) mass is 293 g/mol. The summed E-state index contributed by atoms with van der Waals surface area (Å²) in [5.41, 5.74) is 6.56. The van der Waals surface area contributed by atoms with E-state index in [2.05, 4.69) is 10.6 Å². The Kier molecular flexibility index (Phi) is 5.58. The number of anilines is 2. The lowest BCUT2D eigenvalue weighted by molar-refractivity contribution is -0.125. The average Bonchev–Trinajstić information content (AvgIpc) is 2.37. The van der Waals surface area contributed by atoms with Gasteiger partial charge in [0.2, 0.25) is 11.8 Å². The predicted molar refractivity (Wildman–Crippen MR) is 83.1 cm³/mol. The Balaban J connectivity index is 2.53. The SMILES string of the molecule is COc1ccc(N)c(NC(=O)CNC(=O)CC(C)(C)C)c1. The summed E-state index contributed by atoms with van der Waals surface area (Å²) in [7, 11) is 1.53. The summed E-state index contributed by atoms with van der Waals surface area (Å²) in [5.74, 6) is 0.102. The van der Waals surface area contributed by atoms with Crippen LogP contribution in [0.5, 0.6) is 5.75 Å². The van der Waals surface area contributed by atoms with Gasteiger partial charge in [-0.3, -0.25) is 9.59 Å². The smallest absolute Gasteiger partial charge is 0.243 e. The third-order valence-corrected chi connectivity index (χ3v) is 2.67. The summed E-state index contributed by atoms with van der Waals surface area (Å²) in [5, 5.41) is 5.23. The van der Waals surface area contributed by atoms with Crippen LogP contribution in [0.25, 0.3) is 0 Å². The van der Waals surface area contributed by atoms with Crippen LogP contribution < -0.4 is 21.1 Å². The molecule has 116 valence electrons. The second-order valence-corrected chi connectivity index (χ2v) is 6.02. The van der Waals surface area contributed by atoms with E-state index >= 15 is 0 Å². The molecule has 1 aromatic rings. The van der Waals surface area contributed by atoms with Gasteiger partial charge in [0.25, 0.3) is 0 Å². The maximum atomic E-state index is 11.8. The van der Waals surface area contributed by atoms with Gasteiger partial charge in [-0.1, -0.05) is 20.8 Å². The van der Waals surface area contributed by atoms with Gasteiger partial charge in [0.15, 0.2) is 0 Å². The Hall–Kier alpha value is -2.24. The molecule has 0 bridgehead atoms. The van der Waals surface area contributed by atoms with Gasteiger partial charge in [0, 0.05) is 12.5 Å². The molecule has 1 rings (SSSR count). The maximum Gasteiger partial charge on any atom is 0.243 e. The molecule has 6 heteroatoms. The summed E-state index contributed by atoms with van der Waals surface area (Å²) in [4.78, 5) is 23.5. The van der Waals surface area contributed by atoms with Crippen molar-refractivity contribution in [3.8, 4) is 5.75 Å². The van der Waals surface area contributed by atoms with E-state index in [1.165, 1.54) is 7.11 Å². The Morgan fingerprint density at radius 1 is 1.24 bits per heavy atom. The third-order valence-electron chi connectivity index (χ3n) is 2.67. The number of nitrogens with two attached hydrogens (primary N) is 1. The van der Waals surface area contributed by atoms with Crippen LogP contribution in [-0.4, -0.2) is 25.5 Å². The van der Waals surface area contributed by atoms with Crippen LogP contribution in [0.2, 0.25) is 0 Å². The minimum Gasteiger partial charge on any atom is -0.497 e. The van der Waals surface area contributed by atoms with Gasteiger partial charge in [-0.2, -0.15) is 0 Å². The number of rotatable bonds is 5. The molecule has 4 N–H and O–H groups in total. The number of nitrogen functional groups attached to an aromatic ring is 1. The van der Waals surface area contributed by atoms with Crippen LogP contribution in [0.4, 0.5) is 11.4 Å². The van der Waals surface area contributed by atoms with Crippen LogP contribution in [-0.2, 0) is 9.59 Å². The van der Waals surface area contributed by atoms with E-state index < -0.39 is 0 Å². The molecule has 0 fully saturated rings. The molecule has 0 saturated heterocycles. The van der Waals surface area contributed by atoms with E-state index in [9.17, 15) is 9.59 Å². The van der Waals surface area contributed by atoms with Crippen LogP contribution >= 0.6 is 0 Å². The molecule has 2 amide bonds. The molecule has 0 unspecified atom stereocenters. The molecule has 0 aliphatic heterocycles. The molecule has 6 nitrogen and oxygen atoms in total. The van der Waals surface area contributed by atoms with E-state index in [1.54, 1.807) is 18.2 Å². The minimum atomic E-state index is -0.336. The molecule has 1 aromatic carbocycles. The van der Waals surface area contributed by atoms with Crippen molar-refractivity contribution in [3.05, 3.63) is 18.2 Å². The normalized spacial score (nSPS) is 10.9. The van der Waals surface area contributed by atoms with E-state index in [-0.39, 0.29) is 23.8 Å². The first-order chi connectivity index (χ1) is 9.71. The van der Waals surface area contributed by atoms with Crippen molar-refractivity contribution in [2.45, 2.75) is 27.2 Å². The summed E-state index contributed by atoms with van der Waals surface area (Å²) in [6.45, 7) is 5.79. The standard InChI is InChI=1S/C15H23N3O3/c1-15(2,3)8-13(19)17-9-14(20)18-12-7-10(21-4)5-6-11(12)16/h5-7H,8-9,16H2,1-4H3,(H,17,19)(H,18,20). The molecule has 0 heterocycles. The largest absolute Gasteiger partial charge is 0.497 e. The molecule has 0 aliphatic carbocycles. The van der Waals surface area contributed by atoms with Gasteiger partial charge in [-0.15, -0.1) is 0 Å². The lowest BCUT2D eigenvalue weighted by atomic mass is 9.92. The highest BCUT2D eigenvalue weighted by Crippen LogP contribution is 2.24. The van der Waals surface area contributed by atoms with Gasteiger partial charge in [0.05, 0.1) is 25.0 Å². The first-order valence-electron chi connectivity index (χ1n) is 6.71. The molecule has 0 atom stereocenters. The number of carbonyl (C=O) groups is 2. The Morgan fingerprint density at radius 3 is 2.48 bits per heavy atom. The van der Waals surface area contributed by atoms with E-state index in [4.69, 9.17) is 10.5 Å². The topological polar surface area (TPSA) is 93.4 Å². The van der Waals surface area contributed by atoms with Gasteiger partial charge in [0.1, 0.15) is 5.75 Å². The molecule has 0 spiro atoms. The zero-order valence-corrected chi connectivity index (χ0v) is 12.9. The van der Waals surface area contributed by atoms with Gasteiger partial charge in [-0.25, -0.2) is 0 Å². The van der Waals surface area contributed by atoms with Crippen molar-refractivity contribution in [2.24, 2.45) is 5.41 Å². The Morgan fingerprint density at radius 2 is 1.90 bits per heavy atom. The number of amides is 2. The molecular weight excluding hydrogens is 270 g/mol. The third kappa shape index (κ3) is 6.16. The number of ether oxygens (including phenoxy) is 1. The second-order valence-electron chi connectivity index (χ2n) is 6.02. The summed E-state index contributed by atoms with van der Waals surface area (Å²) in [6.07, 6.45) is 0.363. The average molecular weight is 293 g/mol. The zero-order chi connectivity index (χ0) is 16.0. The summed E-state index contributed by atoms with van der Waals surface area (Å²) in [6, 6.07) is 4.98. The minimum absolute atomic E-state index is 0.0917. The van der Waals surface area contributed by atoms with E-state index in [1.807, 2.05) is 20.8 Å².